The molecule has 4 N–H and O–H groups in total. The average Bonchev–Trinajstić information content (AvgIpc) is 3.89. The fraction of sp³-hybridized carbons (Fsp3) is 0.339. The molecule has 5 atom stereocenters. The summed E-state index contributed by atoms with van der Waals surface area (Å²) < 4.78 is 32.4. The first-order valence-electron chi connectivity index (χ1n) is 24.3. The van der Waals surface area contributed by atoms with Crippen molar-refractivity contribution in [3.8, 4) is 11.1 Å². The number of cyclic esters (lactones) is 1. The van der Waals surface area contributed by atoms with Crippen LogP contribution in [0.4, 0.5) is 19.7 Å². The van der Waals surface area contributed by atoms with Crippen LogP contribution in [0.5, 0.6) is 0 Å². The van der Waals surface area contributed by atoms with E-state index >= 15 is 4.39 Å². The molecule has 1 aromatic heterocycles. The Morgan fingerprint density at radius 2 is 1.64 bits per heavy atom. The van der Waals surface area contributed by atoms with Gasteiger partial charge < -0.3 is 35.3 Å². The van der Waals surface area contributed by atoms with Crippen molar-refractivity contribution >= 4 is 57.9 Å². The Labute approximate surface area is 414 Å². The summed E-state index contributed by atoms with van der Waals surface area (Å²) in [5.74, 6) is -3.53. The number of fused-ring (bicyclic) bond motifs is 7. The fourth-order valence-corrected chi connectivity index (χ4v) is 11.1. The normalized spacial score (nSPS) is 20.3. The summed E-state index contributed by atoms with van der Waals surface area (Å²) >= 11 is 0. The Morgan fingerprint density at radius 3 is 2.31 bits per heavy atom. The number of ketones is 1. The average molecular weight is 976 g/mol. The number of amides is 4. The van der Waals surface area contributed by atoms with Crippen molar-refractivity contribution in [2.24, 2.45) is 11.8 Å². The second kappa shape index (κ2) is 18.5. The number of likely N-dealkylation sites (N-methyl/N-ethyl adjacent to an activating group) is 1. The van der Waals surface area contributed by atoms with Gasteiger partial charge in [0.2, 0.25) is 11.8 Å². The van der Waals surface area contributed by atoms with Crippen LogP contribution in [0.3, 0.4) is 0 Å². The molecular weight excluding hydrogens is 922 g/mol. The summed E-state index contributed by atoms with van der Waals surface area (Å²) in [7, 11) is 1.51. The van der Waals surface area contributed by atoms with Crippen LogP contribution >= 0.6 is 0 Å². The lowest BCUT2D eigenvalue weighted by molar-refractivity contribution is -0.163. The predicted molar refractivity (Wildman–Crippen MR) is 263 cm³/mol. The highest BCUT2D eigenvalue weighted by atomic mass is 19.1. The van der Waals surface area contributed by atoms with Crippen molar-refractivity contribution in [2.75, 3.05) is 19.0 Å². The van der Waals surface area contributed by atoms with E-state index in [1.165, 1.54) is 18.0 Å². The number of ether oxygens (including phenoxy) is 3. The third-order valence-electron chi connectivity index (χ3n) is 15.0. The summed E-state index contributed by atoms with van der Waals surface area (Å²) in [6, 6.07) is 21.0. The van der Waals surface area contributed by atoms with E-state index in [2.05, 4.69) is 16.0 Å². The van der Waals surface area contributed by atoms with E-state index in [-0.39, 0.29) is 48.9 Å². The highest BCUT2D eigenvalue weighted by Crippen LogP contribution is 2.51. The van der Waals surface area contributed by atoms with E-state index in [9.17, 15) is 33.9 Å². The van der Waals surface area contributed by atoms with Gasteiger partial charge in [-0.3, -0.25) is 19.3 Å². The first-order chi connectivity index (χ1) is 34.5. The lowest BCUT2D eigenvalue weighted by Gasteiger charge is -2.35. The number of aryl methyl sites for hydroxylation is 1. The SMILES string of the molecule is CC[C@@]1(O)C(=O)OCC2=C1C=C1c3nc4cc(F)c(C)c5c4c(c3CC1C2=O)[C@@H](NC(=O)OCc1ccc(NC(=O)[C@H](C)NC(=O)[C@H](C(C)C)N(C)C(=O)OC2c3ccccc3-c3ccccc32)cc1)CC5. The number of Topliss-reactive ketones (excluding diaryl/α,β-unsaturated/α-hetero) is 1. The van der Waals surface area contributed by atoms with E-state index in [0.717, 1.165) is 38.9 Å². The molecule has 2 heterocycles. The van der Waals surface area contributed by atoms with Gasteiger partial charge in [-0.25, -0.2) is 23.8 Å². The number of hydrogen-bond donors (Lipinski definition) is 4. The van der Waals surface area contributed by atoms with Gasteiger partial charge in [0.15, 0.2) is 17.5 Å². The molecule has 4 aromatic carbocycles. The zero-order valence-electron chi connectivity index (χ0n) is 40.7. The molecule has 4 amide bonds. The molecule has 5 aromatic rings. The molecule has 72 heavy (non-hydrogen) atoms. The highest BCUT2D eigenvalue weighted by molar-refractivity contribution is 6.12. The Balaban J connectivity index is 0.776. The van der Waals surface area contributed by atoms with Crippen molar-refractivity contribution in [2.45, 2.75) is 96.7 Å². The molecule has 0 bridgehead atoms. The van der Waals surface area contributed by atoms with Gasteiger partial charge >= 0.3 is 18.2 Å². The molecular formula is C56H54FN5O10. The number of nitrogens with zero attached hydrogens (tertiary/aromatic N) is 2. The number of rotatable bonds is 11. The van der Waals surface area contributed by atoms with Gasteiger partial charge in [0.25, 0.3) is 0 Å². The molecule has 0 spiro atoms. The van der Waals surface area contributed by atoms with E-state index < -0.39 is 71.5 Å². The van der Waals surface area contributed by atoms with Gasteiger partial charge in [-0.15, -0.1) is 0 Å². The summed E-state index contributed by atoms with van der Waals surface area (Å²) in [6.07, 6.45) is 0.761. The number of nitrogens with one attached hydrogen (secondary N) is 3. The number of aromatic nitrogens is 1. The minimum Gasteiger partial charge on any atom is -0.458 e. The van der Waals surface area contributed by atoms with Gasteiger partial charge in [0.1, 0.15) is 31.1 Å². The Kier molecular flexibility index (Phi) is 12.3. The molecule has 1 unspecified atom stereocenters. The van der Waals surface area contributed by atoms with Crippen molar-refractivity contribution in [1.82, 2.24) is 20.5 Å². The van der Waals surface area contributed by atoms with Crippen molar-refractivity contribution in [3.05, 3.63) is 147 Å². The standard InChI is InChI=1S/C56H54FN5O10/c1-7-56(69)41-23-37-38(49(63)40(41)26-70-53(56)66)22-39-46-43(21-20-32-28(4)42(57)24-44(45(32)46)60-47(37)39)61-54(67)71-25-30-16-18-31(19-17-30)59-51(64)29(5)58-52(65)48(27(2)3)62(6)55(68)72-50-35-14-10-8-12-33(35)34-13-9-11-15-36(34)50/h8-19,23-24,27,29,38,43,48,50,69H,7,20-22,25-26H2,1-6H3,(H,58,65)(H,59,64)(H,61,67)/t29-,38?,43-,48-,56-/m0/s1. The zero-order chi connectivity index (χ0) is 50.9. The smallest absolute Gasteiger partial charge is 0.411 e. The van der Waals surface area contributed by atoms with Crippen molar-refractivity contribution in [1.29, 1.82) is 0 Å². The van der Waals surface area contributed by atoms with Crippen molar-refractivity contribution in [3.63, 3.8) is 0 Å². The molecule has 0 saturated heterocycles. The Morgan fingerprint density at radius 1 is 0.958 bits per heavy atom. The second-order valence-electron chi connectivity index (χ2n) is 19.6. The molecule has 10 rings (SSSR count). The van der Waals surface area contributed by atoms with Gasteiger partial charge in [-0.1, -0.05) is 81.4 Å². The molecule has 4 aliphatic carbocycles. The number of hydrogen-bond acceptors (Lipinski definition) is 11. The number of carbonyl (C=O) groups is 6. The second-order valence-corrected chi connectivity index (χ2v) is 19.6. The third-order valence-corrected chi connectivity index (χ3v) is 15.0. The molecule has 1 aliphatic heterocycles. The topological polar surface area (TPSA) is 203 Å². The number of alkyl carbamates (subject to hydrolysis) is 1. The van der Waals surface area contributed by atoms with Crippen LogP contribution in [0.25, 0.3) is 27.6 Å². The Bertz CT molecular complexity index is 3170. The van der Waals surface area contributed by atoms with E-state index in [1.807, 2.05) is 62.4 Å². The monoisotopic (exact) mass is 975 g/mol. The third kappa shape index (κ3) is 8.07. The minimum atomic E-state index is -2.00. The van der Waals surface area contributed by atoms with Gasteiger partial charge in [0.05, 0.1) is 23.2 Å². The largest absolute Gasteiger partial charge is 0.458 e. The van der Waals surface area contributed by atoms with E-state index in [4.69, 9.17) is 19.2 Å². The van der Waals surface area contributed by atoms with Crippen LogP contribution in [0.15, 0.2) is 96.1 Å². The summed E-state index contributed by atoms with van der Waals surface area (Å²) in [6.45, 7) is 8.15. The highest BCUT2D eigenvalue weighted by Gasteiger charge is 2.51. The molecule has 370 valence electrons. The van der Waals surface area contributed by atoms with E-state index in [0.29, 0.717) is 51.8 Å². The number of esters is 1. The van der Waals surface area contributed by atoms with Crippen LogP contribution < -0.4 is 16.0 Å². The van der Waals surface area contributed by atoms with E-state index in [1.54, 1.807) is 51.1 Å². The van der Waals surface area contributed by atoms with Crippen LogP contribution in [0, 0.1) is 24.6 Å². The maximum Gasteiger partial charge on any atom is 0.411 e. The van der Waals surface area contributed by atoms with Gasteiger partial charge in [-0.2, -0.15) is 0 Å². The minimum absolute atomic E-state index is 0.00669. The van der Waals surface area contributed by atoms with Crippen LogP contribution in [-0.4, -0.2) is 82.1 Å². The molecule has 0 fully saturated rings. The number of carbonyl (C=O) groups excluding carboxylic acids is 6. The maximum absolute atomic E-state index is 15.4. The number of aliphatic hydroxyl groups is 1. The quantitative estimate of drug-likeness (QED) is 0.0737. The molecule has 5 aliphatic rings. The summed E-state index contributed by atoms with van der Waals surface area (Å²) in [5, 5.41) is 20.7. The number of anilines is 1. The first kappa shape index (κ1) is 47.9. The lowest BCUT2D eigenvalue weighted by Crippen LogP contribution is -2.54. The van der Waals surface area contributed by atoms with Crippen molar-refractivity contribution < 1.29 is 52.5 Å². The molecule has 16 heteroatoms. The number of halogens is 1. The first-order valence-corrected chi connectivity index (χ1v) is 24.3. The number of pyridine rings is 1. The summed E-state index contributed by atoms with van der Waals surface area (Å²) in [5.41, 5.74) is 7.26. The van der Waals surface area contributed by atoms with Gasteiger partial charge in [0, 0.05) is 46.5 Å². The predicted octanol–water partition coefficient (Wildman–Crippen LogP) is 8.04. The number of allylic oxidation sites excluding steroid dienone is 1. The van der Waals surface area contributed by atoms with Gasteiger partial charge in [-0.05, 0) is 108 Å². The van der Waals surface area contributed by atoms with Crippen LogP contribution in [0.1, 0.15) is 97.3 Å². The van der Waals surface area contributed by atoms with Crippen LogP contribution in [0.2, 0.25) is 0 Å². The molecule has 0 saturated carbocycles. The fourth-order valence-electron chi connectivity index (χ4n) is 11.1. The molecule has 0 radical (unpaired) electrons. The maximum atomic E-state index is 15.4. The number of benzene rings is 4. The van der Waals surface area contributed by atoms with Crippen LogP contribution in [-0.2, 0) is 52.8 Å². The zero-order valence-corrected chi connectivity index (χ0v) is 40.7. The summed E-state index contributed by atoms with van der Waals surface area (Å²) in [4.78, 5) is 87.3. The Hall–Kier alpha value is -7.72. The molecule has 15 nitrogen and oxygen atoms in total. The lowest BCUT2D eigenvalue weighted by atomic mass is 9.75.